The minimum absolute atomic E-state index is 0.0593. The van der Waals surface area contributed by atoms with Crippen molar-refractivity contribution in [3.05, 3.63) is 34.9 Å². The molecule has 4 nitrogen and oxygen atoms in total. The summed E-state index contributed by atoms with van der Waals surface area (Å²) in [7, 11) is 0. The molecule has 84 valence electrons. The van der Waals surface area contributed by atoms with Crippen LogP contribution in [0.15, 0.2) is 18.2 Å². The molecule has 0 aliphatic heterocycles. The van der Waals surface area contributed by atoms with Gasteiger partial charge in [-0.2, -0.15) is 0 Å². The summed E-state index contributed by atoms with van der Waals surface area (Å²) in [6.07, 6.45) is 0.442. The molecule has 2 aromatic heterocycles. The summed E-state index contributed by atoms with van der Waals surface area (Å²) in [4.78, 5) is 14.9. The number of hydrogen-bond acceptors (Lipinski definition) is 2. The molecule has 5 heteroatoms. The number of rotatable bonds is 3. The highest BCUT2D eigenvalue weighted by atomic mass is 35.5. The second-order valence-corrected chi connectivity index (χ2v) is 3.96. The Morgan fingerprint density at radius 2 is 2.31 bits per heavy atom. The molecular formula is C11H11ClN2O2. The van der Waals surface area contributed by atoms with Crippen LogP contribution in [0.4, 0.5) is 0 Å². The van der Waals surface area contributed by atoms with E-state index in [-0.39, 0.29) is 6.42 Å². The normalized spacial score (nSPS) is 10.9. The van der Waals surface area contributed by atoms with Crippen LogP contribution in [-0.4, -0.2) is 20.5 Å². The van der Waals surface area contributed by atoms with E-state index in [1.165, 1.54) is 0 Å². The van der Waals surface area contributed by atoms with Crippen LogP contribution in [0.25, 0.3) is 5.52 Å². The molecule has 0 aliphatic rings. The number of carboxylic acid groups (broad SMARTS) is 1. The largest absolute Gasteiger partial charge is 0.481 e. The van der Waals surface area contributed by atoms with Crippen LogP contribution in [0, 0.1) is 6.92 Å². The molecule has 0 saturated carbocycles. The molecule has 16 heavy (non-hydrogen) atoms. The summed E-state index contributed by atoms with van der Waals surface area (Å²) < 4.78 is 1.79. The number of fused-ring (bicyclic) bond motifs is 1. The number of pyridine rings is 1. The summed E-state index contributed by atoms with van der Waals surface area (Å²) in [6.45, 7) is 1.88. The molecule has 0 amide bonds. The quantitative estimate of drug-likeness (QED) is 0.835. The first-order valence-corrected chi connectivity index (χ1v) is 5.31. The third kappa shape index (κ3) is 1.88. The SMILES string of the molecule is Cc1nc(CCC(=O)O)n2c(Cl)cccc12. The number of carboxylic acids is 1. The zero-order chi connectivity index (χ0) is 11.7. The van der Waals surface area contributed by atoms with E-state index >= 15 is 0 Å². The zero-order valence-electron chi connectivity index (χ0n) is 8.77. The van der Waals surface area contributed by atoms with Crippen LogP contribution in [0.5, 0.6) is 0 Å². The van der Waals surface area contributed by atoms with Crippen molar-refractivity contribution in [2.24, 2.45) is 0 Å². The number of halogens is 1. The van der Waals surface area contributed by atoms with Gasteiger partial charge in [-0.15, -0.1) is 0 Å². The molecule has 0 radical (unpaired) electrons. The highest BCUT2D eigenvalue weighted by Crippen LogP contribution is 2.19. The van der Waals surface area contributed by atoms with E-state index in [1.807, 2.05) is 19.1 Å². The van der Waals surface area contributed by atoms with Gasteiger partial charge in [-0.05, 0) is 19.1 Å². The van der Waals surface area contributed by atoms with E-state index in [0.717, 1.165) is 11.2 Å². The van der Waals surface area contributed by atoms with Crippen LogP contribution in [0.2, 0.25) is 5.15 Å². The van der Waals surface area contributed by atoms with Crippen molar-refractivity contribution < 1.29 is 9.90 Å². The number of aryl methyl sites for hydroxylation is 2. The van der Waals surface area contributed by atoms with Gasteiger partial charge in [-0.3, -0.25) is 9.20 Å². The van der Waals surface area contributed by atoms with E-state index in [0.29, 0.717) is 17.4 Å². The number of aromatic nitrogens is 2. The summed E-state index contributed by atoms with van der Waals surface area (Å²) in [5.74, 6) is -0.137. The molecule has 2 aromatic rings. The fraction of sp³-hybridized carbons (Fsp3) is 0.273. The Bertz CT molecular complexity index is 548. The summed E-state index contributed by atoms with van der Waals surface area (Å²) in [5.41, 5.74) is 1.79. The topological polar surface area (TPSA) is 54.6 Å². The molecule has 0 atom stereocenters. The molecule has 0 fully saturated rings. The Hall–Kier alpha value is -1.55. The second-order valence-electron chi connectivity index (χ2n) is 3.58. The lowest BCUT2D eigenvalue weighted by molar-refractivity contribution is -0.137. The van der Waals surface area contributed by atoms with Crippen LogP contribution < -0.4 is 0 Å². The van der Waals surface area contributed by atoms with Crippen LogP contribution in [-0.2, 0) is 11.2 Å². The first-order chi connectivity index (χ1) is 7.59. The van der Waals surface area contributed by atoms with E-state index in [2.05, 4.69) is 4.98 Å². The Morgan fingerprint density at radius 3 is 3.00 bits per heavy atom. The van der Waals surface area contributed by atoms with Crippen molar-refractivity contribution in [1.82, 2.24) is 9.38 Å². The van der Waals surface area contributed by atoms with Crippen molar-refractivity contribution in [3.8, 4) is 0 Å². The van der Waals surface area contributed by atoms with Gasteiger partial charge in [-0.1, -0.05) is 17.7 Å². The first kappa shape index (κ1) is 11.0. The van der Waals surface area contributed by atoms with Crippen LogP contribution in [0.3, 0.4) is 0 Å². The molecule has 0 bridgehead atoms. The highest BCUT2D eigenvalue weighted by Gasteiger charge is 2.11. The van der Waals surface area contributed by atoms with E-state index < -0.39 is 5.97 Å². The fourth-order valence-corrected chi connectivity index (χ4v) is 1.98. The second kappa shape index (κ2) is 4.14. The van der Waals surface area contributed by atoms with Crippen molar-refractivity contribution in [2.45, 2.75) is 19.8 Å². The zero-order valence-corrected chi connectivity index (χ0v) is 9.53. The smallest absolute Gasteiger partial charge is 0.303 e. The highest BCUT2D eigenvalue weighted by molar-refractivity contribution is 6.29. The number of hydrogen-bond donors (Lipinski definition) is 1. The lowest BCUT2D eigenvalue weighted by Crippen LogP contribution is -2.02. The molecule has 1 N–H and O–H groups in total. The van der Waals surface area contributed by atoms with E-state index in [1.54, 1.807) is 10.5 Å². The molecule has 0 saturated heterocycles. The predicted molar refractivity (Wildman–Crippen MR) is 60.9 cm³/mol. The lowest BCUT2D eigenvalue weighted by atomic mass is 10.3. The standard InChI is InChI=1S/C11H11ClN2O2/c1-7-8-3-2-4-9(12)14(8)10(13-7)5-6-11(15)16/h2-4H,5-6H2,1H3,(H,15,16). The van der Waals surface area contributed by atoms with Gasteiger partial charge in [-0.25, -0.2) is 4.98 Å². The third-order valence-corrected chi connectivity index (χ3v) is 2.73. The maximum absolute atomic E-state index is 10.5. The Morgan fingerprint density at radius 1 is 1.56 bits per heavy atom. The Labute approximate surface area is 97.5 Å². The monoisotopic (exact) mass is 238 g/mol. The Kier molecular flexibility index (Phi) is 2.83. The Balaban J connectivity index is 2.49. The minimum Gasteiger partial charge on any atom is -0.481 e. The molecule has 2 rings (SSSR count). The van der Waals surface area contributed by atoms with Crippen molar-refractivity contribution in [1.29, 1.82) is 0 Å². The van der Waals surface area contributed by atoms with Gasteiger partial charge in [0.25, 0.3) is 0 Å². The average Bonchev–Trinajstić information content (AvgIpc) is 2.55. The molecular weight excluding hydrogens is 228 g/mol. The molecule has 0 unspecified atom stereocenters. The lowest BCUT2D eigenvalue weighted by Gasteiger charge is -2.01. The van der Waals surface area contributed by atoms with Crippen LogP contribution in [0.1, 0.15) is 17.9 Å². The van der Waals surface area contributed by atoms with Gasteiger partial charge >= 0.3 is 5.97 Å². The maximum Gasteiger partial charge on any atom is 0.303 e. The molecule has 0 spiro atoms. The van der Waals surface area contributed by atoms with E-state index in [9.17, 15) is 4.79 Å². The van der Waals surface area contributed by atoms with Gasteiger partial charge in [0.1, 0.15) is 11.0 Å². The molecule has 0 aliphatic carbocycles. The van der Waals surface area contributed by atoms with Crippen molar-refractivity contribution >= 4 is 23.1 Å². The average molecular weight is 239 g/mol. The summed E-state index contributed by atoms with van der Waals surface area (Å²) >= 11 is 6.07. The van der Waals surface area contributed by atoms with Crippen molar-refractivity contribution in [2.75, 3.05) is 0 Å². The van der Waals surface area contributed by atoms with E-state index in [4.69, 9.17) is 16.7 Å². The summed E-state index contributed by atoms with van der Waals surface area (Å²) in [6, 6.07) is 5.53. The number of carbonyl (C=O) groups is 1. The minimum atomic E-state index is -0.832. The van der Waals surface area contributed by atoms with Crippen LogP contribution >= 0.6 is 11.6 Å². The molecule has 2 heterocycles. The van der Waals surface area contributed by atoms with Gasteiger partial charge in [0.2, 0.25) is 0 Å². The first-order valence-electron chi connectivity index (χ1n) is 4.94. The number of nitrogens with zero attached hydrogens (tertiary/aromatic N) is 2. The number of imidazole rings is 1. The fourth-order valence-electron chi connectivity index (χ4n) is 1.71. The van der Waals surface area contributed by atoms with Gasteiger partial charge in [0.15, 0.2) is 0 Å². The summed E-state index contributed by atoms with van der Waals surface area (Å²) in [5, 5.41) is 9.21. The van der Waals surface area contributed by atoms with Gasteiger partial charge in [0, 0.05) is 6.42 Å². The third-order valence-electron chi connectivity index (χ3n) is 2.43. The molecule has 0 aromatic carbocycles. The van der Waals surface area contributed by atoms with Crippen molar-refractivity contribution in [3.63, 3.8) is 0 Å². The van der Waals surface area contributed by atoms with Gasteiger partial charge in [0.05, 0.1) is 17.6 Å². The maximum atomic E-state index is 10.5. The predicted octanol–water partition coefficient (Wildman–Crippen LogP) is 2.31. The van der Waals surface area contributed by atoms with Gasteiger partial charge < -0.3 is 5.11 Å². The number of aliphatic carboxylic acids is 1.